The molecule has 0 spiro atoms. The quantitative estimate of drug-likeness (QED) is 0.298. The Hall–Kier alpha value is -2.01. The highest BCUT2D eigenvalue weighted by Gasteiger charge is 2.13. The van der Waals surface area contributed by atoms with E-state index in [1.54, 1.807) is 12.1 Å². The first kappa shape index (κ1) is 14.4. The van der Waals surface area contributed by atoms with Crippen LogP contribution in [0.15, 0.2) is 52.5 Å². The number of oxime groups is 1. The molecule has 0 atom stereocenters. The normalized spacial score (nSPS) is 11.6. The Balaban J connectivity index is 2.24. The second-order valence-corrected chi connectivity index (χ2v) is 5.39. The van der Waals surface area contributed by atoms with Crippen molar-refractivity contribution in [1.29, 1.82) is 0 Å². The summed E-state index contributed by atoms with van der Waals surface area (Å²) in [4.78, 5) is 0.654. The van der Waals surface area contributed by atoms with Gasteiger partial charge in [0.1, 0.15) is 5.82 Å². The van der Waals surface area contributed by atoms with Gasteiger partial charge in [0.25, 0.3) is 0 Å². The number of nitrogens with zero attached hydrogens (tertiary/aromatic N) is 1. The number of amidine groups is 1. The van der Waals surface area contributed by atoms with Gasteiger partial charge in [-0.2, -0.15) is 0 Å². The number of nitrogens with two attached hydrogens (primary N) is 1. The van der Waals surface area contributed by atoms with Gasteiger partial charge >= 0.3 is 0 Å². The molecule has 104 valence electrons. The molecule has 0 radical (unpaired) electrons. The Labute approximate surface area is 121 Å². The van der Waals surface area contributed by atoms with Gasteiger partial charge in [-0.15, -0.1) is 11.8 Å². The highest BCUT2D eigenvalue weighted by molar-refractivity contribution is 7.98. The Morgan fingerprint density at radius 3 is 2.75 bits per heavy atom. The second-order valence-electron chi connectivity index (χ2n) is 4.38. The van der Waals surface area contributed by atoms with Crippen molar-refractivity contribution in [3.8, 4) is 0 Å². The fourth-order valence-electron chi connectivity index (χ4n) is 1.89. The molecule has 0 aliphatic heterocycles. The molecule has 0 aliphatic carbocycles. The molecule has 0 saturated carbocycles. The zero-order chi connectivity index (χ0) is 14.5. The summed E-state index contributed by atoms with van der Waals surface area (Å²) in [7, 11) is 0. The van der Waals surface area contributed by atoms with E-state index in [4.69, 9.17) is 10.9 Å². The third kappa shape index (κ3) is 3.30. The maximum atomic E-state index is 13.8. The molecule has 2 rings (SSSR count). The first-order valence-corrected chi connectivity index (χ1v) is 7.05. The first-order chi connectivity index (χ1) is 9.61. The molecule has 2 aromatic carbocycles. The topological polar surface area (TPSA) is 58.6 Å². The van der Waals surface area contributed by atoms with Crippen LogP contribution in [0.25, 0.3) is 0 Å². The van der Waals surface area contributed by atoms with Gasteiger partial charge in [-0.3, -0.25) is 0 Å². The van der Waals surface area contributed by atoms with Crippen molar-refractivity contribution in [3.63, 3.8) is 0 Å². The predicted octanol–water partition coefficient (Wildman–Crippen LogP) is 3.52. The molecule has 3 nitrogen and oxygen atoms in total. The molecule has 2 aromatic rings. The van der Waals surface area contributed by atoms with Crippen LogP contribution in [0.5, 0.6) is 0 Å². The Kier molecular flexibility index (Phi) is 4.63. The molecule has 0 heterocycles. The van der Waals surface area contributed by atoms with Crippen molar-refractivity contribution in [2.24, 2.45) is 10.9 Å². The molecule has 0 aromatic heterocycles. The van der Waals surface area contributed by atoms with E-state index in [1.807, 2.05) is 25.1 Å². The van der Waals surface area contributed by atoms with Gasteiger partial charge in [0, 0.05) is 10.6 Å². The number of aryl methyl sites for hydroxylation is 1. The van der Waals surface area contributed by atoms with Gasteiger partial charge in [-0.05, 0) is 24.6 Å². The Morgan fingerprint density at radius 1 is 1.30 bits per heavy atom. The van der Waals surface area contributed by atoms with Crippen molar-refractivity contribution in [1.82, 2.24) is 0 Å². The highest BCUT2D eigenvalue weighted by atomic mass is 32.2. The predicted molar refractivity (Wildman–Crippen MR) is 79.7 cm³/mol. The second kappa shape index (κ2) is 6.43. The number of benzene rings is 2. The first-order valence-electron chi connectivity index (χ1n) is 6.06. The van der Waals surface area contributed by atoms with Crippen LogP contribution in [-0.4, -0.2) is 11.0 Å². The van der Waals surface area contributed by atoms with Crippen molar-refractivity contribution in [2.75, 3.05) is 0 Å². The van der Waals surface area contributed by atoms with Crippen molar-refractivity contribution in [2.45, 2.75) is 17.6 Å². The minimum absolute atomic E-state index is 0.146. The van der Waals surface area contributed by atoms with E-state index in [9.17, 15) is 4.39 Å². The lowest BCUT2D eigenvalue weighted by molar-refractivity contribution is 0.318. The number of halogens is 1. The largest absolute Gasteiger partial charge is 0.409 e. The van der Waals surface area contributed by atoms with Crippen LogP contribution in [0, 0.1) is 12.7 Å². The van der Waals surface area contributed by atoms with E-state index in [0.717, 1.165) is 5.56 Å². The van der Waals surface area contributed by atoms with Crippen molar-refractivity contribution >= 4 is 17.6 Å². The average Bonchev–Trinajstić information content (AvgIpc) is 2.44. The van der Waals surface area contributed by atoms with Crippen LogP contribution in [0.1, 0.15) is 16.7 Å². The minimum Gasteiger partial charge on any atom is -0.409 e. The van der Waals surface area contributed by atoms with Crippen LogP contribution >= 0.6 is 11.8 Å². The molecule has 0 amide bonds. The summed E-state index contributed by atoms with van der Waals surface area (Å²) in [6.07, 6.45) is 0. The maximum absolute atomic E-state index is 13.8. The van der Waals surface area contributed by atoms with Crippen molar-refractivity contribution in [3.05, 3.63) is 65.0 Å². The molecular formula is C15H15FN2OS. The summed E-state index contributed by atoms with van der Waals surface area (Å²) < 4.78 is 13.8. The highest BCUT2D eigenvalue weighted by Crippen LogP contribution is 2.28. The molecule has 5 heteroatoms. The minimum atomic E-state index is -0.491. The molecule has 20 heavy (non-hydrogen) atoms. The zero-order valence-electron chi connectivity index (χ0n) is 11.0. The molecule has 0 saturated heterocycles. The van der Waals surface area contributed by atoms with Crippen LogP contribution < -0.4 is 5.73 Å². The van der Waals surface area contributed by atoms with Gasteiger partial charge < -0.3 is 10.9 Å². The summed E-state index contributed by atoms with van der Waals surface area (Å²) in [5, 5.41) is 11.6. The average molecular weight is 290 g/mol. The van der Waals surface area contributed by atoms with E-state index in [1.165, 1.54) is 23.4 Å². The molecular weight excluding hydrogens is 275 g/mol. The van der Waals surface area contributed by atoms with Crippen LogP contribution in [0.3, 0.4) is 0 Å². The van der Waals surface area contributed by atoms with E-state index in [2.05, 4.69) is 11.2 Å². The smallest absolute Gasteiger partial charge is 0.174 e. The Bertz CT molecular complexity index is 644. The van der Waals surface area contributed by atoms with Crippen LogP contribution in [-0.2, 0) is 5.75 Å². The van der Waals surface area contributed by atoms with Crippen LogP contribution in [0.4, 0.5) is 4.39 Å². The molecule has 0 fully saturated rings. The lowest BCUT2D eigenvalue weighted by atomic mass is 10.2. The summed E-state index contributed by atoms with van der Waals surface area (Å²) in [5.41, 5.74) is 8.00. The fraction of sp³-hybridized carbons (Fsp3) is 0.133. The lowest BCUT2D eigenvalue weighted by Crippen LogP contribution is -2.16. The van der Waals surface area contributed by atoms with E-state index in [0.29, 0.717) is 10.6 Å². The number of hydrogen-bond acceptors (Lipinski definition) is 3. The zero-order valence-corrected chi connectivity index (χ0v) is 11.8. The van der Waals surface area contributed by atoms with Gasteiger partial charge in [0.05, 0.1) is 5.56 Å². The van der Waals surface area contributed by atoms with Crippen molar-refractivity contribution < 1.29 is 9.60 Å². The van der Waals surface area contributed by atoms with E-state index < -0.39 is 5.82 Å². The number of rotatable bonds is 4. The van der Waals surface area contributed by atoms with Gasteiger partial charge in [-0.1, -0.05) is 41.1 Å². The maximum Gasteiger partial charge on any atom is 0.174 e. The van der Waals surface area contributed by atoms with Gasteiger partial charge in [0.15, 0.2) is 5.84 Å². The van der Waals surface area contributed by atoms with Gasteiger partial charge in [0.2, 0.25) is 0 Å². The third-order valence-electron chi connectivity index (χ3n) is 2.82. The summed E-state index contributed by atoms with van der Waals surface area (Å²) in [5.74, 6) is -0.0130. The molecule has 0 bridgehead atoms. The van der Waals surface area contributed by atoms with Crippen LogP contribution in [0.2, 0.25) is 0 Å². The number of hydrogen-bond donors (Lipinski definition) is 2. The lowest BCUT2D eigenvalue weighted by Gasteiger charge is -2.09. The summed E-state index contributed by atoms with van der Waals surface area (Å²) in [6.45, 7) is 2.03. The number of thioether (sulfide) groups is 1. The molecule has 3 N–H and O–H groups in total. The molecule has 0 unspecified atom stereocenters. The SMILES string of the molecule is Cc1cccc(CSc2cccc(F)c2C(N)=NO)c1. The van der Waals surface area contributed by atoms with E-state index >= 15 is 0 Å². The Morgan fingerprint density at radius 2 is 2.05 bits per heavy atom. The third-order valence-corrected chi connectivity index (χ3v) is 3.94. The molecule has 0 aliphatic rings. The summed E-state index contributed by atoms with van der Waals surface area (Å²) >= 11 is 1.45. The monoisotopic (exact) mass is 290 g/mol. The summed E-state index contributed by atoms with van der Waals surface area (Å²) in [6, 6.07) is 12.8. The standard InChI is InChI=1S/C15H15FN2OS/c1-10-4-2-5-11(8-10)9-20-13-7-3-6-12(16)14(13)15(17)18-19/h2-8,19H,9H2,1H3,(H2,17,18). The fourth-order valence-corrected chi connectivity index (χ4v) is 2.91. The van der Waals surface area contributed by atoms with E-state index in [-0.39, 0.29) is 11.4 Å². The van der Waals surface area contributed by atoms with Gasteiger partial charge in [-0.25, -0.2) is 4.39 Å².